The van der Waals surface area contributed by atoms with Gasteiger partial charge in [-0.3, -0.25) is 4.79 Å². The van der Waals surface area contributed by atoms with E-state index < -0.39 is 28.6 Å². The van der Waals surface area contributed by atoms with Crippen LogP contribution in [0.15, 0.2) is 36.9 Å². The van der Waals surface area contributed by atoms with Gasteiger partial charge in [-0.1, -0.05) is 41.3 Å². The van der Waals surface area contributed by atoms with Crippen molar-refractivity contribution < 1.29 is 22.7 Å². The van der Waals surface area contributed by atoms with Crippen molar-refractivity contribution in [3.63, 3.8) is 0 Å². The lowest BCUT2D eigenvalue weighted by atomic mass is 10.0. The zero-order valence-electron chi connectivity index (χ0n) is 12.1. The number of rotatable bonds is 6. The Hall–Kier alpha value is -1.51. The van der Waals surface area contributed by atoms with Crippen LogP contribution in [0.1, 0.15) is 12.0 Å². The minimum absolute atomic E-state index is 0.105. The summed E-state index contributed by atoms with van der Waals surface area (Å²) in [4.78, 5) is 13.1. The van der Waals surface area contributed by atoms with Crippen LogP contribution in [0.5, 0.6) is 5.75 Å². The Balaban J connectivity index is 2.34. The lowest BCUT2D eigenvalue weighted by molar-refractivity contribution is -0.128. The molecular weight excluding hydrogens is 422 g/mol. The number of hydrogen-bond donors (Lipinski definition) is 0. The molecule has 0 N–H and O–H groups in total. The number of benzene rings is 1. The van der Waals surface area contributed by atoms with E-state index in [9.17, 15) is 18.0 Å². The van der Waals surface area contributed by atoms with Gasteiger partial charge in [0.25, 0.3) is 6.43 Å². The van der Waals surface area contributed by atoms with Gasteiger partial charge in [0.1, 0.15) is 18.2 Å². The predicted octanol–water partition coefficient (Wildman–Crippen LogP) is 4.03. The molecule has 7 heteroatoms. The number of nitrogens with zero attached hydrogens (tertiary/aromatic N) is 1. The summed E-state index contributed by atoms with van der Waals surface area (Å²) in [5, 5.41) is 0. The molecule has 1 aromatic rings. The number of alkyl halides is 3. The monoisotopic (exact) mass is 437 g/mol. The van der Waals surface area contributed by atoms with Crippen LogP contribution >= 0.6 is 22.6 Å². The number of carbonyl (C=O) groups excluding carboxylic acids is 1. The normalized spacial score (nSPS) is 18.1. The number of amides is 1. The molecule has 0 aromatic heterocycles. The molecule has 1 unspecified atom stereocenters. The van der Waals surface area contributed by atoms with Gasteiger partial charge < -0.3 is 9.64 Å². The maximum atomic E-state index is 14.3. The van der Waals surface area contributed by atoms with Crippen molar-refractivity contribution in [1.29, 1.82) is 0 Å². The van der Waals surface area contributed by atoms with Crippen LogP contribution in [-0.2, 0) is 4.79 Å². The van der Waals surface area contributed by atoms with E-state index in [0.717, 1.165) is 4.90 Å². The number of hydrogen-bond acceptors (Lipinski definition) is 2. The van der Waals surface area contributed by atoms with Gasteiger partial charge in [-0.05, 0) is 18.6 Å². The fourth-order valence-electron chi connectivity index (χ4n) is 2.24. The van der Waals surface area contributed by atoms with Gasteiger partial charge in [-0.25, -0.2) is 13.2 Å². The zero-order valence-corrected chi connectivity index (χ0v) is 14.3. The second kappa shape index (κ2) is 7.85. The molecule has 0 bridgehead atoms. The van der Waals surface area contributed by atoms with E-state index in [4.69, 9.17) is 4.74 Å². The van der Waals surface area contributed by atoms with Crippen LogP contribution in [0, 0.1) is 5.82 Å². The molecule has 1 aromatic carbocycles. The summed E-state index contributed by atoms with van der Waals surface area (Å²) in [6.45, 7) is 2.98. The van der Waals surface area contributed by atoms with E-state index in [2.05, 4.69) is 6.58 Å². The second-order valence-electron chi connectivity index (χ2n) is 4.87. The Morgan fingerprint density at radius 1 is 1.48 bits per heavy atom. The summed E-state index contributed by atoms with van der Waals surface area (Å²) >= 11 is 1.90. The van der Waals surface area contributed by atoms with Crippen LogP contribution in [0.3, 0.4) is 0 Å². The van der Waals surface area contributed by atoms with Crippen LogP contribution in [-0.4, -0.2) is 34.3 Å². The molecule has 1 amide bonds. The molecule has 1 atom stereocenters. The lowest BCUT2D eigenvalue weighted by Gasteiger charge is -2.31. The molecule has 124 valence electrons. The third-order valence-corrected chi connectivity index (χ3v) is 4.29. The van der Waals surface area contributed by atoms with Crippen molar-refractivity contribution in [2.45, 2.75) is 16.8 Å². The minimum Gasteiger partial charge on any atom is -0.489 e. The van der Waals surface area contributed by atoms with E-state index in [1.807, 2.05) is 22.6 Å². The summed E-state index contributed by atoms with van der Waals surface area (Å²) in [5.74, 6) is -0.757. The molecule has 0 saturated heterocycles. The molecule has 1 aliphatic rings. The third kappa shape index (κ3) is 4.27. The highest BCUT2D eigenvalue weighted by Crippen LogP contribution is 2.32. The van der Waals surface area contributed by atoms with Gasteiger partial charge in [-0.2, -0.15) is 0 Å². The number of carbonyl (C=O) groups is 1. The average molecular weight is 437 g/mol. The number of allylic oxidation sites excluding steroid dienone is 1. The maximum Gasteiger partial charge on any atom is 0.256 e. The fourth-order valence-corrected chi connectivity index (χ4v) is 2.83. The largest absolute Gasteiger partial charge is 0.489 e. The molecular formula is C16H15F3INO2. The van der Waals surface area contributed by atoms with E-state index in [1.165, 1.54) is 24.3 Å². The summed E-state index contributed by atoms with van der Waals surface area (Å²) in [5.41, 5.74) is 0.282. The third-order valence-electron chi connectivity index (χ3n) is 3.25. The molecule has 0 radical (unpaired) electrons. The Kier molecular flexibility index (Phi) is 6.09. The van der Waals surface area contributed by atoms with Gasteiger partial charge in [0, 0.05) is 11.6 Å². The standard InChI is InChI=1S/C16H15F3INO2/c1-2-7-23-10-3-4-11(12(17)8-10)14-6-5-13(20)16(22)21(14)9-15(18)19/h2-4,6,8,13,15H,1,5,7,9H2. The van der Waals surface area contributed by atoms with Gasteiger partial charge >= 0.3 is 0 Å². The summed E-state index contributed by atoms with van der Waals surface area (Å²) in [7, 11) is 0. The van der Waals surface area contributed by atoms with Crippen LogP contribution in [0.25, 0.3) is 5.70 Å². The number of halogens is 4. The SMILES string of the molecule is C=CCOc1ccc(C2=CCC(I)C(=O)N2CC(F)F)c(F)c1. The summed E-state index contributed by atoms with van der Waals surface area (Å²) in [6, 6.07) is 4.13. The van der Waals surface area contributed by atoms with E-state index in [0.29, 0.717) is 12.2 Å². The molecule has 0 spiro atoms. The van der Waals surface area contributed by atoms with Gasteiger partial charge in [-0.15, -0.1) is 0 Å². The van der Waals surface area contributed by atoms with E-state index >= 15 is 0 Å². The molecule has 1 heterocycles. The van der Waals surface area contributed by atoms with Crippen LogP contribution in [0.2, 0.25) is 0 Å². The topological polar surface area (TPSA) is 29.5 Å². The highest BCUT2D eigenvalue weighted by Gasteiger charge is 2.32. The lowest BCUT2D eigenvalue weighted by Crippen LogP contribution is -2.41. The van der Waals surface area contributed by atoms with Crippen molar-refractivity contribution >= 4 is 34.2 Å². The van der Waals surface area contributed by atoms with Gasteiger partial charge in [0.2, 0.25) is 5.91 Å². The predicted molar refractivity (Wildman–Crippen MR) is 90.2 cm³/mol. The van der Waals surface area contributed by atoms with Crippen LogP contribution in [0.4, 0.5) is 13.2 Å². The highest BCUT2D eigenvalue weighted by molar-refractivity contribution is 14.1. The van der Waals surface area contributed by atoms with Crippen LogP contribution < -0.4 is 4.74 Å². The van der Waals surface area contributed by atoms with E-state index in [-0.39, 0.29) is 17.9 Å². The first-order chi connectivity index (χ1) is 10.9. The fraction of sp³-hybridized carbons (Fsp3) is 0.312. The molecule has 0 aliphatic carbocycles. The molecule has 1 aliphatic heterocycles. The highest BCUT2D eigenvalue weighted by atomic mass is 127. The van der Waals surface area contributed by atoms with Gasteiger partial charge in [0.15, 0.2) is 0 Å². The Bertz CT molecular complexity index is 634. The smallest absolute Gasteiger partial charge is 0.256 e. The zero-order chi connectivity index (χ0) is 17.0. The first-order valence-electron chi connectivity index (χ1n) is 6.91. The van der Waals surface area contributed by atoms with Crippen molar-refractivity contribution in [3.05, 3.63) is 48.3 Å². The van der Waals surface area contributed by atoms with Gasteiger partial charge in [0.05, 0.1) is 16.2 Å². The second-order valence-corrected chi connectivity index (χ2v) is 6.38. The molecule has 0 saturated carbocycles. The summed E-state index contributed by atoms with van der Waals surface area (Å²) < 4.78 is 44.7. The molecule has 0 fully saturated rings. The molecule has 3 nitrogen and oxygen atoms in total. The van der Waals surface area contributed by atoms with Crippen molar-refractivity contribution in [2.24, 2.45) is 0 Å². The molecule has 23 heavy (non-hydrogen) atoms. The van der Waals surface area contributed by atoms with Crippen molar-refractivity contribution in [2.75, 3.05) is 13.2 Å². The van der Waals surface area contributed by atoms with Crippen molar-refractivity contribution in [3.8, 4) is 5.75 Å². The van der Waals surface area contributed by atoms with E-state index in [1.54, 1.807) is 6.08 Å². The Labute approximate surface area is 145 Å². The Morgan fingerprint density at radius 3 is 2.83 bits per heavy atom. The first kappa shape index (κ1) is 17.8. The average Bonchev–Trinajstić information content (AvgIpc) is 2.50. The Morgan fingerprint density at radius 2 is 2.22 bits per heavy atom. The minimum atomic E-state index is -2.69. The van der Waals surface area contributed by atoms with Crippen molar-refractivity contribution in [1.82, 2.24) is 4.90 Å². The quantitative estimate of drug-likeness (QED) is 0.382. The maximum absolute atomic E-state index is 14.3. The number of ether oxygens (including phenoxy) is 1. The molecule has 2 rings (SSSR count). The first-order valence-corrected chi connectivity index (χ1v) is 8.16. The summed E-state index contributed by atoms with van der Waals surface area (Å²) in [6.07, 6.45) is 0.827.